The molecule has 1 N–H and O–H groups in total. The highest BCUT2D eigenvalue weighted by Crippen LogP contribution is 2.36. The van der Waals surface area contributed by atoms with Crippen molar-refractivity contribution < 1.29 is 9.53 Å². The molecule has 2 atom stereocenters. The Morgan fingerprint density at radius 3 is 2.52 bits per heavy atom. The maximum atomic E-state index is 12.3. The van der Waals surface area contributed by atoms with E-state index in [1.807, 2.05) is 6.92 Å². The van der Waals surface area contributed by atoms with Gasteiger partial charge in [-0.2, -0.15) is 0 Å². The first-order valence-electron chi connectivity index (χ1n) is 8.56. The van der Waals surface area contributed by atoms with Gasteiger partial charge in [-0.25, -0.2) is 0 Å². The molecule has 1 heterocycles. The molecule has 2 aliphatic rings. The summed E-state index contributed by atoms with van der Waals surface area (Å²) in [5, 5.41) is 3.43. The molecule has 122 valence electrons. The second kappa shape index (κ2) is 7.10. The summed E-state index contributed by atoms with van der Waals surface area (Å²) in [7, 11) is 1.49. The van der Waals surface area contributed by atoms with Gasteiger partial charge in [0.15, 0.2) is 0 Å². The minimum Gasteiger partial charge on any atom is -0.468 e. The van der Waals surface area contributed by atoms with Crippen LogP contribution in [-0.2, 0) is 9.53 Å². The molecule has 4 heteroatoms. The number of rotatable bonds is 6. The highest BCUT2D eigenvalue weighted by molar-refractivity contribution is 5.80. The molecule has 0 aromatic rings. The first kappa shape index (κ1) is 16.8. The third kappa shape index (κ3) is 3.98. The van der Waals surface area contributed by atoms with Crippen LogP contribution in [0.5, 0.6) is 0 Å². The number of carbonyl (C=O) groups is 1. The van der Waals surface area contributed by atoms with Crippen molar-refractivity contribution in [1.29, 1.82) is 0 Å². The molecule has 0 aromatic heterocycles. The van der Waals surface area contributed by atoms with E-state index in [-0.39, 0.29) is 12.0 Å². The maximum Gasteiger partial charge on any atom is 0.327 e. The average Bonchev–Trinajstić information content (AvgIpc) is 3.06. The maximum absolute atomic E-state index is 12.3. The van der Waals surface area contributed by atoms with E-state index >= 15 is 0 Å². The SMILES string of the molecule is COC(=O)C(C)(CN1CCCC1C1CCCC1)NC(C)C. The van der Waals surface area contributed by atoms with Gasteiger partial charge in [0.25, 0.3) is 0 Å². The van der Waals surface area contributed by atoms with Crippen LogP contribution in [0.25, 0.3) is 0 Å². The van der Waals surface area contributed by atoms with Crippen molar-refractivity contribution in [3.05, 3.63) is 0 Å². The number of carbonyl (C=O) groups excluding carboxylic acids is 1. The van der Waals surface area contributed by atoms with Gasteiger partial charge in [-0.3, -0.25) is 15.0 Å². The van der Waals surface area contributed by atoms with Crippen molar-refractivity contribution >= 4 is 5.97 Å². The van der Waals surface area contributed by atoms with Crippen LogP contribution >= 0.6 is 0 Å². The van der Waals surface area contributed by atoms with E-state index in [0.29, 0.717) is 6.04 Å². The van der Waals surface area contributed by atoms with Gasteiger partial charge in [-0.05, 0) is 58.9 Å². The molecule has 4 nitrogen and oxygen atoms in total. The monoisotopic (exact) mass is 296 g/mol. The zero-order valence-electron chi connectivity index (χ0n) is 14.2. The number of nitrogens with zero attached hydrogens (tertiary/aromatic N) is 1. The summed E-state index contributed by atoms with van der Waals surface area (Å²) in [5.41, 5.74) is -0.607. The summed E-state index contributed by atoms with van der Waals surface area (Å²) in [5.74, 6) is 0.696. The van der Waals surface area contributed by atoms with Gasteiger partial charge in [-0.15, -0.1) is 0 Å². The van der Waals surface area contributed by atoms with E-state index in [0.717, 1.165) is 19.0 Å². The Morgan fingerprint density at radius 2 is 1.95 bits per heavy atom. The largest absolute Gasteiger partial charge is 0.468 e. The van der Waals surface area contributed by atoms with Crippen LogP contribution < -0.4 is 5.32 Å². The molecule has 0 bridgehead atoms. The summed E-state index contributed by atoms with van der Waals surface area (Å²) in [6, 6.07) is 0.937. The lowest BCUT2D eigenvalue weighted by molar-refractivity contribution is -0.149. The van der Waals surface area contributed by atoms with E-state index in [4.69, 9.17) is 4.74 Å². The fraction of sp³-hybridized carbons (Fsp3) is 0.941. The van der Waals surface area contributed by atoms with Crippen LogP contribution in [0.3, 0.4) is 0 Å². The molecule has 2 rings (SSSR count). The molecular weight excluding hydrogens is 264 g/mol. The molecule has 1 aliphatic heterocycles. The van der Waals surface area contributed by atoms with Crippen molar-refractivity contribution in [1.82, 2.24) is 10.2 Å². The lowest BCUT2D eigenvalue weighted by Crippen LogP contribution is -2.60. The number of likely N-dealkylation sites (tertiary alicyclic amines) is 1. The third-order valence-corrected chi connectivity index (χ3v) is 5.12. The molecule has 21 heavy (non-hydrogen) atoms. The lowest BCUT2D eigenvalue weighted by Gasteiger charge is -2.38. The quantitative estimate of drug-likeness (QED) is 0.765. The number of methoxy groups -OCH3 is 1. The zero-order valence-corrected chi connectivity index (χ0v) is 14.2. The van der Waals surface area contributed by atoms with E-state index < -0.39 is 5.54 Å². The molecule has 0 spiro atoms. The predicted molar refractivity (Wildman–Crippen MR) is 85.2 cm³/mol. The predicted octanol–water partition coefficient (Wildman–Crippen LogP) is 2.57. The van der Waals surface area contributed by atoms with Gasteiger partial charge in [0.2, 0.25) is 0 Å². The zero-order chi connectivity index (χ0) is 15.5. The Hall–Kier alpha value is -0.610. The minimum absolute atomic E-state index is 0.145. The van der Waals surface area contributed by atoms with E-state index in [9.17, 15) is 4.79 Å². The Labute approximate surface area is 129 Å². The highest BCUT2D eigenvalue weighted by Gasteiger charge is 2.41. The van der Waals surface area contributed by atoms with Crippen molar-refractivity contribution in [3.63, 3.8) is 0 Å². The Kier molecular flexibility index (Phi) is 5.67. The van der Waals surface area contributed by atoms with E-state index in [2.05, 4.69) is 24.1 Å². The number of hydrogen-bond donors (Lipinski definition) is 1. The fourth-order valence-corrected chi connectivity index (χ4v) is 4.36. The molecule has 1 saturated heterocycles. The van der Waals surface area contributed by atoms with Crippen molar-refractivity contribution in [3.8, 4) is 0 Å². The third-order valence-electron chi connectivity index (χ3n) is 5.12. The molecule has 0 aromatic carbocycles. The van der Waals surface area contributed by atoms with Gasteiger partial charge in [0.1, 0.15) is 5.54 Å². The molecule has 2 unspecified atom stereocenters. The Balaban J connectivity index is 2.05. The standard InChI is InChI=1S/C17H32N2O2/c1-13(2)18-17(3,16(20)21-4)12-19-11-7-10-15(19)14-8-5-6-9-14/h13-15,18H,5-12H2,1-4H3. The molecule has 2 fully saturated rings. The Bertz CT molecular complexity index is 353. The smallest absolute Gasteiger partial charge is 0.327 e. The van der Waals surface area contributed by atoms with Crippen LogP contribution in [-0.4, -0.2) is 48.7 Å². The average molecular weight is 296 g/mol. The summed E-state index contributed by atoms with van der Waals surface area (Å²) in [6.07, 6.45) is 8.06. The molecular formula is C17H32N2O2. The number of esters is 1. The van der Waals surface area contributed by atoms with Gasteiger partial charge in [0.05, 0.1) is 7.11 Å². The second-order valence-electron chi connectivity index (χ2n) is 7.35. The van der Waals surface area contributed by atoms with Crippen LogP contribution in [0.2, 0.25) is 0 Å². The first-order valence-corrected chi connectivity index (χ1v) is 8.56. The molecule has 1 saturated carbocycles. The first-order chi connectivity index (χ1) is 9.96. The van der Waals surface area contributed by atoms with Crippen LogP contribution in [0.1, 0.15) is 59.3 Å². The number of ether oxygens (including phenoxy) is 1. The van der Waals surface area contributed by atoms with Gasteiger partial charge in [0, 0.05) is 18.6 Å². The van der Waals surface area contributed by atoms with Crippen molar-refractivity contribution in [2.45, 2.75) is 76.9 Å². The Morgan fingerprint density at radius 1 is 1.29 bits per heavy atom. The van der Waals surface area contributed by atoms with Crippen molar-refractivity contribution in [2.75, 3.05) is 20.2 Å². The van der Waals surface area contributed by atoms with Crippen molar-refractivity contribution in [2.24, 2.45) is 5.92 Å². The summed E-state index contributed by atoms with van der Waals surface area (Å²) >= 11 is 0. The normalized spacial score (nSPS) is 27.2. The van der Waals surface area contributed by atoms with E-state index in [1.165, 1.54) is 45.6 Å². The highest BCUT2D eigenvalue weighted by atomic mass is 16.5. The summed E-state index contributed by atoms with van der Waals surface area (Å²) in [4.78, 5) is 14.8. The summed E-state index contributed by atoms with van der Waals surface area (Å²) < 4.78 is 5.06. The molecule has 0 radical (unpaired) electrons. The van der Waals surface area contributed by atoms with Crippen LogP contribution in [0.15, 0.2) is 0 Å². The molecule has 0 amide bonds. The number of nitrogens with one attached hydrogen (secondary N) is 1. The van der Waals surface area contributed by atoms with Gasteiger partial charge >= 0.3 is 5.97 Å². The lowest BCUT2D eigenvalue weighted by atomic mass is 9.94. The fourth-order valence-electron chi connectivity index (χ4n) is 4.36. The van der Waals surface area contributed by atoms with Gasteiger partial charge < -0.3 is 4.74 Å². The summed E-state index contributed by atoms with van der Waals surface area (Å²) in [6.45, 7) is 8.04. The number of hydrogen-bond acceptors (Lipinski definition) is 4. The van der Waals surface area contributed by atoms with Gasteiger partial charge in [-0.1, -0.05) is 12.8 Å². The molecule has 1 aliphatic carbocycles. The van der Waals surface area contributed by atoms with Crippen LogP contribution in [0.4, 0.5) is 0 Å². The second-order valence-corrected chi connectivity index (χ2v) is 7.35. The van der Waals surface area contributed by atoms with Crippen LogP contribution in [0, 0.1) is 5.92 Å². The topological polar surface area (TPSA) is 41.6 Å². The van der Waals surface area contributed by atoms with E-state index in [1.54, 1.807) is 0 Å². The minimum atomic E-state index is -0.607.